The number of rotatable bonds is 5. The zero-order valence-corrected chi connectivity index (χ0v) is 25.8. The Labute approximate surface area is 257 Å². The number of nitrogens with zero attached hydrogens (tertiary/aromatic N) is 2. The van der Waals surface area contributed by atoms with Gasteiger partial charge in [0.15, 0.2) is 0 Å². The summed E-state index contributed by atoms with van der Waals surface area (Å²) in [6.45, 7) is 8.07. The summed E-state index contributed by atoms with van der Waals surface area (Å²) in [7, 11) is 0. The third kappa shape index (κ3) is 5.29. The molecular formula is C33H31N3O5S2. The topological polar surface area (TPSA) is 109 Å². The molecule has 4 aromatic rings. The Balaban J connectivity index is 1.41. The summed E-state index contributed by atoms with van der Waals surface area (Å²) >= 11 is 2.22. The average Bonchev–Trinajstić information content (AvgIpc) is 3.40. The van der Waals surface area contributed by atoms with Gasteiger partial charge in [0.2, 0.25) is 17.7 Å². The van der Waals surface area contributed by atoms with Crippen molar-refractivity contribution in [3.8, 4) is 5.75 Å². The number of aryl methyl sites for hydroxylation is 1. The van der Waals surface area contributed by atoms with Crippen molar-refractivity contribution in [2.24, 2.45) is 5.92 Å². The molecule has 6 rings (SSSR count). The third-order valence-electron chi connectivity index (χ3n) is 7.93. The maximum Gasteiger partial charge on any atom is 0.308 e. The van der Waals surface area contributed by atoms with Crippen LogP contribution in [0.4, 0.5) is 11.4 Å². The zero-order chi connectivity index (χ0) is 30.6. The number of fused-ring (bicyclic) bond motifs is 2. The molecule has 3 unspecified atom stereocenters. The smallest absolute Gasteiger partial charge is 0.308 e. The van der Waals surface area contributed by atoms with E-state index in [0.29, 0.717) is 21.3 Å². The van der Waals surface area contributed by atoms with Crippen LogP contribution >= 0.6 is 23.1 Å². The van der Waals surface area contributed by atoms with E-state index in [1.54, 1.807) is 24.3 Å². The van der Waals surface area contributed by atoms with Crippen molar-refractivity contribution < 1.29 is 19.5 Å². The predicted molar refractivity (Wildman–Crippen MR) is 169 cm³/mol. The number of amides is 3. The predicted octanol–water partition coefficient (Wildman–Crippen LogP) is 5.66. The number of benzene rings is 3. The third-order valence-corrected chi connectivity index (χ3v) is 10.5. The fraction of sp³-hybridized carbons (Fsp3) is 0.273. The molecule has 220 valence electrons. The highest BCUT2D eigenvalue weighted by atomic mass is 32.2. The minimum Gasteiger partial charge on any atom is -0.508 e. The van der Waals surface area contributed by atoms with Gasteiger partial charge in [-0.3, -0.25) is 23.7 Å². The van der Waals surface area contributed by atoms with Gasteiger partial charge in [0.1, 0.15) is 17.5 Å². The maximum atomic E-state index is 14.1. The highest BCUT2D eigenvalue weighted by Gasteiger charge is 2.56. The molecule has 3 atom stereocenters. The molecule has 1 aromatic heterocycles. The lowest BCUT2D eigenvalue weighted by Gasteiger charge is -2.31. The van der Waals surface area contributed by atoms with Gasteiger partial charge in [-0.2, -0.15) is 0 Å². The summed E-state index contributed by atoms with van der Waals surface area (Å²) in [6.07, 6.45) is 0. The highest BCUT2D eigenvalue weighted by Crippen LogP contribution is 2.54. The number of hydrogen-bond donors (Lipinski definition) is 2. The van der Waals surface area contributed by atoms with Gasteiger partial charge in [-0.1, -0.05) is 85.8 Å². The highest BCUT2D eigenvalue weighted by molar-refractivity contribution is 8.00. The summed E-state index contributed by atoms with van der Waals surface area (Å²) < 4.78 is 1.40. The molecule has 0 spiro atoms. The van der Waals surface area contributed by atoms with Crippen LogP contribution in [0, 0.1) is 12.8 Å². The molecule has 10 heteroatoms. The molecule has 0 saturated carbocycles. The molecule has 0 bridgehead atoms. The Morgan fingerprint density at radius 3 is 2.19 bits per heavy atom. The van der Waals surface area contributed by atoms with Gasteiger partial charge in [-0.15, -0.1) is 0 Å². The molecule has 8 nitrogen and oxygen atoms in total. The first-order valence-corrected chi connectivity index (χ1v) is 15.7. The van der Waals surface area contributed by atoms with Gasteiger partial charge >= 0.3 is 4.87 Å². The first-order valence-electron chi connectivity index (χ1n) is 14.0. The number of nitrogens with one attached hydrogen (secondary N) is 1. The Kier molecular flexibility index (Phi) is 7.30. The van der Waals surface area contributed by atoms with Crippen molar-refractivity contribution in [2.45, 2.75) is 55.8 Å². The van der Waals surface area contributed by atoms with Gasteiger partial charge in [-0.25, -0.2) is 4.90 Å². The van der Waals surface area contributed by atoms with Gasteiger partial charge in [-0.05, 0) is 59.9 Å². The summed E-state index contributed by atoms with van der Waals surface area (Å²) in [4.78, 5) is 56.0. The van der Waals surface area contributed by atoms with Crippen LogP contribution in [0.3, 0.4) is 0 Å². The molecule has 43 heavy (non-hydrogen) atoms. The number of anilines is 2. The van der Waals surface area contributed by atoms with Crippen LogP contribution in [-0.2, 0) is 26.3 Å². The van der Waals surface area contributed by atoms with Crippen molar-refractivity contribution in [1.29, 1.82) is 0 Å². The molecule has 1 saturated heterocycles. The molecule has 0 radical (unpaired) electrons. The van der Waals surface area contributed by atoms with E-state index in [0.717, 1.165) is 28.0 Å². The molecule has 3 amide bonds. The van der Waals surface area contributed by atoms with Crippen molar-refractivity contribution in [3.63, 3.8) is 0 Å². The molecule has 3 heterocycles. The summed E-state index contributed by atoms with van der Waals surface area (Å²) in [5, 5.41) is 12.1. The van der Waals surface area contributed by atoms with Gasteiger partial charge in [0.05, 0.1) is 16.6 Å². The molecule has 2 aliphatic rings. The summed E-state index contributed by atoms with van der Waals surface area (Å²) in [6, 6.07) is 21.4. The van der Waals surface area contributed by atoms with Gasteiger partial charge < -0.3 is 10.4 Å². The first-order chi connectivity index (χ1) is 20.4. The number of carbonyl (C=O) groups is 3. The fourth-order valence-electron chi connectivity index (χ4n) is 5.64. The number of carbonyl (C=O) groups excluding carboxylic acids is 3. The standard InChI is InChI=1S/C33H31N3O5S2/c1-18-5-13-22(14-6-18)36-29(39)26-25(19-7-9-20(10-8-19)33(2,3)4)28-31(42-27(26)30(36)40)35(32(41)43-28)17-24(38)34-21-11-15-23(37)16-12-21/h5-16,25-27,37H,17H2,1-4H3,(H,34,38). The SMILES string of the molecule is Cc1ccc(N2C(=O)C3Sc4c(sc(=O)n4CC(=O)Nc4ccc(O)cc4)C(c4ccc(C(C)(C)C)cc4)C3C2=O)cc1. The Morgan fingerprint density at radius 2 is 1.56 bits per heavy atom. The van der Waals surface area contributed by atoms with E-state index in [2.05, 4.69) is 26.1 Å². The minimum atomic E-state index is -0.756. The van der Waals surface area contributed by atoms with E-state index in [9.17, 15) is 24.3 Å². The van der Waals surface area contributed by atoms with Crippen LogP contribution in [-0.4, -0.2) is 32.6 Å². The van der Waals surface area contributed by atoms with Crippen LogP contribution in [0.5, 0.6) is 5.75 Å². The van der Waals surface area contributed by atoms with E-state index in [1.807, 2.05) is 43.3 Å². The molecule has 0 aliphatic carbocycles. The van der Waals surface area contributed by atoms with Crippen LogP contribution in [0.1, 0.15) is 48.3 Å². The van der Waals surface area contributed by atoms with Crippen LogP contribution in [0.2, 0.25) is 0 Å². The lowest BCUT2D eigenvalue weighted by Crippen LogP contribution is -2.33. The summed E-state index contributed by atoms with van der Waals surface area (Å²) in [5.41, 5.74) is 3.92. The largest absolute Gasteiger partial charge is 0.508 e. The first kappa shape index (κ1) is 28.9. The maximum absolute atomic E-state index is 14.1. The molecule has 2 aliphatic heterocycles. The number of phenols is 1. The number of thioether (sulfide) groups is 1. The van der Waals surface area contributed by atoms with Gasteiger partial charge in [0, 0.05) is 16.5 Å². The zero-order valence-electron chi connectivity index (χ0n) is 24.2. The van der Waals surface area contributed by atoms with Crippen LogP contribution in [0.25, 0.3) is 0 Å². The van der Waals surface area contributed by atoms with E-state index < -0.39 is 23.0 Å². The second-order valence-corrected chi connectivity index (χ2v) is 14.1. The second kappa shape index (κ2) is 10.8. The number of aromatic nitrogens is 1. The molecular weight excluding hydrogens is 583 g/mol. The van der Waals surface area contributed by atoms with Crippen LogP contribution in [0.15, 0.2) is 82.6 Å². The average molecular weight is 614 g/mol. The van der Waals surface area contributed by atoms with E-state index in [-0.39, 0.29) is 34.4 Å². The number of hydrogen-bond acceptors (Lipinski definition) is 7. The molecule has 3 aromatic carbocycles. The normalized spacial score (nSPS) is 19.7. The van der Waals surface area contributed by atoms with E-state index in [1.165, 1.54) is 33.4 Å². The summed E-state index contributed by atoms with van der Waals surface area (Å²) in [5.74, 6) is -2.20. The fourth-order valence-corrected chi connectivity index (χ4v) is 8.42. The van der Waals surface area contributed by atoms with Crippen molar-refractivity contribution >= 4 is 52.2 Å². The second-order valence-electron chi connectivity index (χ2n) is 12.0. The number of thiazole rings is 1. The van der Waals surface area contributed by atoms with Crippen molar-refractivity contribution in [2.75, 3.05) is 10.2 Å². The quantitative estimate of drug-likeness (QED) is 0.222. The Morgan fingerprint density at radius 1 is 0.907 bits per heavy atom. The van der Waals surface area contributed by atoms with E-state index >= 15 is 0 Å². The lowest BCUT2D eigenvalue weighted by molar-refractivity contribution is -0.122. The number of imide groups is 1. The van der Waals surface area contributed by atoms with Crippen molar-refractivity contribution in [3.05, 3.63) is 104 Å². The lowest BCUT2D eigenvalue weighted by atomic mass is 9.81. The number of phenolic OH excluding ortho intramolecular Hbond substituents is 1. The van der Waals surface area contributed by atoms with E-state index in [4.69, 9.17) is 0 Å². The van der Waals surface area contributed by atoms with Crippen LogP contribution < -0.4 is 15.1 Å². The monoisotopic (exact) mass is 613 g/mol. The van der Waals surface area contributed by atoms with Gasteiger partial charge in [0.25, 0.3) is 0 Å². The molecule has 1 fully saturated rings. The van der Waals surface area contributed by atoms with Crippen molar-refractivity contribution in [1.82, 2.24) is 4.57 Å². The molecule has 2 N–H and O–H groups in total. The Bertz CT molecular complexity index is 1780. The number of aromatic hydroxyl groups is 1. The Hall–Kier alpha value is -4.15. The minimum absolute atomic E-state index is 0.0733.